The van der Waals surface area contributed by atoms with Crippen molar-refractivity contribution in [2.75, 3.05) is 0 Å². The number of benzene rings is 3. The van der Waals surface area contributed by atoms with Crippen LogP contribution in [0.25, 0.3) is 0 Å². The molecule has 3 aromatic carbocycles. The monoisotopic (exact) mass is 555 g/mol. The maximum Gasteiger partial charge on any atom is 0.254 e. The van der Waals surface area contributed by atoms with Gasteiger partial charge >= 0.3 is 0 Å². The van der Waals surface area contributed by atoms with E-state index in [1.807, 2.05) is 61.5 Å². The summed E-state index contributed by atoms with van der Waals surface area (Å²) in [6, 6.07) is 20.1. The van der Waals surface area contributed by atoms with Gasteiger partial charge in [0.25, 0.3) is 11.8 Å². The van der Waals surface area contributed by atoms with Crippen molar-refractivity contribution < 1.29 is 24.6 Å². The van der Waals surface area contributed by atoms with E-state index in [2.05, 4.69) is 10.6 Å². The highest BCUT2D eigenvalue weighted by Crippen LogP contribution is 2.43. The molecule has 3 aromatic rings. The van der Waals surface area contributed by atoms with Gasteiger partial charge in [0.1, 0.15) is 11.8 Å². The Kier molecular flexibility index (Phi) is 8.40. The van der Waals surface area contributed by atoms with Crippen molar-refractivity contribution >= 4 is 17.7 Å². The number of aryl methyl sites for hydroxylation is 1. The lowest BCUT2D eigenvalue weighted by Gasteiger charge is -2.37. The molecule has 5 atom stereocenters. The maximum atomic E-state index is 14.0. The van der Waals surface area contributed by atoms with Crippen LogP contribution in [0.4, 0.5) is 0 Å². The predicted molar refractivity (Wildman–Crippen MR) is 155 cm³/mol. The minimum atomic E-state index is -1.57. The van der Waals surface area contributed by atoms with Gasteiger partial charge in [0, 0.05) is 23.7 Å². The van der Waals surface area contributed by atoms with E-state index >= 15 is 0 Å². The number of phenols is 1. The van der Waals surface area contributed by atoms with Crippen molar-refractivity contribution in [1.29, 1.82) is 0 Å². The number of aromatic hydroxyl groups is 1. The lowest BCUT2D eigenvalue weighted by atomic mass is 9.95. The third-order valence-electron chi connectivity index (χ3n) is 8.62. The molecule has 0 aromatic heterocycles. The standard InChI is InChI=1S/C33H37N3O5/c1-20-9-6-7-12-24(20)19-34-32(40)29-23-15-16-25(18-23)36(29)33(41)30(38)27(17-22-10-4-3-5-11-22)35-31(39)26-13-8-14-28(37)21(26)2/h3-14,23,25,27,29-30,37-38H,15-19H2,1-2H3,(H,34,40)(H,35,39)/t23?,25?,27-,29+,30-/m0/s1. The number of rotatable bonds is 9. The summed E-state index contributed by atoms with van der Waals surface area (Å²) in [5.74, 6) is -1.25. The van der Waals surface area contributed by atoms with Crippen LogP contribution in [0, 0.1) is 19.8 Å². The zero-order valence-corrected chi connectivity index (χ0v) is 23.4. The van der Waals surface area contributed by atoms with Crippen LogP contribution in [0.2, 0.25) is 0 Å². The Labute approximate surface area is 240 Å². The number of carbonyl (C=O) groups is 3. The average Bonchev–Trinajstić information content (AvgIpc) is 3.60. The summed E-state index contributed by atoms with van der Waals surface area (Å²) >= 11 is 0. The highest BCUT2D eigenvalue weighted by molar-refractivity contribution is 5.97. The van der Waals surface area contributed by atoms with Crippen LogP contribution in [0.15, 0.2) is 72.8 Å². The number of phenolic OH excluding ortho intramolecular Hbond substituents is 1. The molecule has 2 fully saturated rings. The molecule has 3 amide bonds. The van der Waals surface area contributed by atoms with E-state index in [1.54, 1.807) is 24.0 Å². The fourth-order valence-electron chi connectivity index (χ4n) is 6.29. The summed E-state index contributed by atoms with van der Waals surface area (Å²) in [5, 5.41) is 27.5. The Balaban J connectivity index is 1.36. The molecule has 1 aliphatic heterocycles. The van der Waals surface area contributed by atoms with E-state index in [9.17, 15) is 24.6 Å². The summed E-state index contributed by atoms with van der Waals surface area (Å²) < 4.78 is 0. The highest BCUT2D eigenvalue weighted by Gasteiger charge is 2.52. The molecule has 0 radical (unpaired) electrons. The second-order valence-electron chi connectivity index (χ2n) is 11.2. The average molecular weight is 556 g/mol. The number of hydrogen-bond donors (Lipinski definition) is 4. The first kappa shape index (κ1) is 28.4. The number of hydrogen-bond acceptors (Lipinski definition) is 5. The predicted octanol–water partition coefficient (Wildman–Crippen LogP) is 3.41. The Morgan fingerprint density at radius 3 is 2.44 bits per heavy atom. The fraction of sp³-hybridized carbons (Fsp3) is 0.364. The SMILES string of the molecule is Cc1ccccc1CNC(=O)[C@H]1C2CCC(C2)N1C(=O)[C@@H](O)[C@H](Cc1ccccc1)NC(=O)c1cccc(O)c1C. The lowest BCUT2D eigenvalue weighted by molar-refractivity contribution is -0.150. The van der Waals surface area contributed by atoms with Gasteiger partial charge < -0.3 is 25.7 Å². The van der Waals surface area contributed by atoms with Gasteiger partial charge in [-0.25, -0.2) is 0 Å². The number of aliphatic hydroxyl groups excluding tert-OH is 1. The van der Waals surface area contributed by atoms with Gasteiger partial charge in [-0.3, -0.25) is 14.4 Å². The summed E-state index contributed by atoms with van der Waals surface area (Å²) in [5.41, 5.74) is 3.59. The van der Waals surface area contributed by atoms with Crippen molar-refractivity contribution in [3.05, 3.63) is 101 Å². The van der Waals surface area contributed by atoms with E-state index in [0.717, 1.165) is 36.0 Å². The summed E-state index contributed by atoms with van der Waals surface area (Å²) in [7, 11) is 0. The first-order valence-electron chi connectivity index (χ1n) is 14.2. The van der Waals surface area contributed by atoms with Gasteiger partial charge in [-0.05, 0) is 74.3 Å². The molecule has 8 nitrogen and oxygen atoms in total. The molecule has 5 rings (SSSR count). The van der Waals surface area contributed by atoms with E-state index in [0.29, 0.717) is 12.1 Å². The third-order valence-corrected chi connectivity index (χ3v) is 8.62. The Bertz CT molecular complexity index is 1430. The zero-order chi connectivity index (χ0) is 29.1. The van der Waals surface area contributed by atoms with Crippen LogP contribution in [0.1, 0.15) is 51.9 Å². The van der Waals surface area contributed by atoms with E-state index in [4.69, 9.17) is 0 Å². The third kappa shape index (κ3) is 5.98. The number of carbonyl (C=O) groups excluding carboxylic acids is 3. The van der Waals surface area contributed by atoms with Gasteiger partial charge in [0.05, 0.1) is 6.04 Å². The molecule has 1 heterocycles. The first-order valence-corrected chi connectivity index (χ1v) is 14.2. The molecular weight excluding hydrogens is 518 g/mol. The second-order valence-corrected chi connectivity index (χ2v) is 11.2. The lowest BCUT2D eigenvalue weighted by Crippen LogP contribution is -2.59. The molecule has 1 saturated heterocycles. The summed E-state index contributed by atoms with van der Waals surface area (Å²) in [4.78, 5) is 42.3. The van der Waals surface area contributed by atoms with Gasteiger partial charge in [-0.15, -0.1) is 0 Å². The molecule has 2 bridgehead atoms. The van der Waals surface area contributed by atoms with Crippen LogP contribution < -0.4 is 10.6 Å². The number of nitrogens with zero attached hydrogens (tertiary/aromatic N) is 1. The summed E-state index contributed by atoms with van der Waals surface area (Å²) in [6.07, 6.45) is 1.00. The minimum Gasteiger partial charge on any atom is -0.508 e. The molecule has 8 heteroatoms. The van der Waals surface area contributed by atoms with E-state index < -0.39 is 30.0 Å². The van der Waals surface area contributed by atoms with E-state index in [-0.39, 0.29) is 35.6 Å². The normalized spacial score (nSPS) is 20.9. The van der Waals surface area contributed by atoms with Crippen molar-refractivity contribution in [3.63, 3.8) is 0 Å². The van der Waals surface area contributed by atoms with Gasteiger partial charge in [-0.1, -0.05) is 60.7 Å². The Morgan fingerprint density at radius 2 is 1.68 bits per heavy atom. The van der Waals surface area contributed by atoms with Crippen molar-refractivity contribution in [3.8, 4) is 5.75 Å². The number of aliphatic hydroxyl groups is 1. The molecule has 2 unspecified atom stereocenters. The van der Waals surface area contributed by atoms with Crippen molar-refractivity contribution in [2.24, 2.45) is 5.92 Å². The number of fused-ring (bicyclic) bond motifs is 2. The fourth-order valence-corrected chi connectivity index (χ4v) is 6.29. The molecule has 4 N–H and O–H groups in total. The van der Waals surface area contributed by atoms with Gasteiger partial charge in [-0.2, -0.15) is 0 Å². The van der Waals surface area contributed by atoms with Crippen LogP contribution in [-0.2, 0) is 22.6 Å². The van der Waals surface area contributed by atoms with Crippen LogP contribution >= 0.6 is 0 Å². The number of nitrogens with one attached hydrogen (secondary N) is 2. The molecule has 1 aliphatic carbocycles. The maximum absolute atomic E-state index is 14.0. The second kappa shape index (κ2) is 12.1. The van der Waals surface area contributed by atoms with Gasteiger partial charge in [0.15, 0.2) is 6.10 Å². The molecule has 0 spiro atoms. The number of amides is 3. The minimum absolute atomic E-state index is 0.0125. The molecule has 2 aliphatic rings. The Morgan fingerprint density at radius 1 is 0.951 bits per heavy atom. The largest absolute Gasteiger partial charge is 0.508 e. The van der Waals surface area contributed by atoms with Gasteiger partial charge in [0.2, 0.25) is 5.91 Å². The first-order chi connectivity index (χ1) is 19.7. The van der Waals surface area contributed by atoms with E-state index in [1.165, 1.54) is 6.07 Å². The Hall–Kier alpha value is -4.17. The summed E-state index contributed by atoms with van der Waals surface area (Å²) in [6.45, 7) is 3.99. The van der Waals surface area contributed by atoms with Crippen LogP contribution in [-0.4, -0.2) is 57.1 Å². The van der Waals surface area contributed by atoms with Crippen LogP contribution in [0.5, 0.6) is 5.75 Å². The molecular formula is C33H37N3O5. The highest BCUT2D eigenvalue weighted by atomic mass is 16.3. The van der Waals surface area contributed by atoms with Crippen molar-refractivity contribution in [1.82, 2.24) is 15.5 Å². The quantitative estimate of drug-likeness (QED) is 0.323. The smallest absolute Gasteiger partial charge is 0.254 e. The van der Waals surface area contributed by atoms with Crippen LogP contribution in [0.3, 0.4) is 0 Å². The number of likely N-dealkylation sites (tertiary alicyclic amines) is 1. The molecule has 41 heavy (non-hydrogen) atoms. The zero-order valence-electron chi connectivity index (χ0n) is 23.4. The molecule has 1 saturated carbocycles. The number of piperidine rings is 1. The van der Waals surface area contributed by atoms with Crippen molar-refractivity contribution in [2.45, 2.75) is 70.3 Å². The molecule has 214 valence electrons. The topological polar surface area (TPSA) is 119 Å².